The summed E-state index contributed by atoms with van der Waals surface area (Å²) in [5, 5.41) is 10.2. The van der Waals surface area contributed by atoms with E-state index in [0.29, 0.717) is 16.1 Å². The Morgan fingerprint density at radius 3 is 3.24 bits per heavy atom. The zero-order valence-corrected chi connectivity index (χ0v) is 10.8. The van der Waals surface area contributed by atoms with Crippen LogP contribution in [-0.4, -0.2) is 16.4 Å². The molecular weight excluding hydrogens is 284 g/mol. The van der Waals surface area contributed by atoms with Crippen LogP contribution in [0.15, 0.2) is 32.7 Å². The van der Waals surface area contributed by atoms with E-state index in [1.165, 1.54) is 6.20 Å². The molecule has 6 heteroatoms. The standard InChI is InChI=1S/C11H13BrN4O/c12-10-9(7-14-16-11(10)17)15-13-6-8-4-2-1-3-5-8/h1-2,6-8H,3-5H2,(H2,15,16,17)/b13-6-. The second-order valence-corrected chi connectivity index (χ2v) is 4.65. The van der Waals surface area contributed by atoms with Crippen molar-refractivity contribution >= 4 is 27.8 Å². The normalized spacial score (nSPS) is 19.7. The number of rotatable bonds is 3. The lowest BCUT2D eigenvalue weighted by Gasteiger charge is -2.11. The molecule has 0 amide bonds. The smallest absolute Gasteiger partial charge is 0.276 e. The fraction of sp³-hybridized carbons (Fsp3) is 0.364. The van der Waals surface area contributed by atoms with Crippen LogP contribution in [0.5, 0.6) is 0 Å². The molecule has 5 nitrogen and oxygen atoms in total. The summed E-state index contributed by atoms with van der Waals surface area (Å²) >= 11 is 3.18. The van der Waals surface area contributed by atoms with Crippen LogP contribution in [0.2, 0.25) is 0 Å². The molecule has 0 fully saturated rings. The lowest BCUT2D eigenvalue weighted by molar-refractivity contribution is 0.627. The molecule has 0 radical (unpaired) electrons. The molecule has 1 aliphatic rings. The molecule has 17 heavy (non-hydrogen) atoms. The largest absolute Gasteiger partial charge is 0.280 e. The van der Waals surface area contributed by atoms with E-state index in [2.05, 4.69) is 48.8 Å². The maximum Gasteiger partial charge on any atom is 0.280 e. The first-order valence-corrected chi connectivity index (χ1v) is 6.24. The average Bonchev–Trinajstić information content (AvgIpc) is 2.36. The van der Waals surface area contributed by atoms with Gasteiger partial charge in [0.05, 0.1) is 11.9 Å². The Morgan fingerprint density at radius 2 is 2.47 bits per heavy atom. The highest BCUT2D eigenvalue weighted by atomic mass is 79.9. The van der Waals surface area contributed by atoms with Crippen LogP contribution in [0.1, 0.15) is 19.3 Å². The number of hydrogen-bond donors (Lipinski definition) is 2. The number of aromatic amines is 1. The van der Waals surface area contributed by atoms with Gasteiger partial charge in [-0.15, -0.1) is 0 Å². The number of nitrogens with zero attached hydrogens (tertiary/aromatic N) is 2. The molecule has 0 saturated heterocycles. The highest BCUT2D eigenvalue weighted by molar-refractivity contribution is 9.10. The van der Waals surface area contributed by atoms with E-state index in [1.807, 2.05) is 6.21 Å². The number of H-pyrrole nitrogens is 1. The number of aromatic nitrogens is 2. The zero-order chi connectivity index (χ0) is 12.1. The van der Waals surface area contributed by atoms with Gasteiger partial charge in [-0.25, -0.2) is 5.10 Å². The minimum Gasteiger partial charge on any atom is -0.276 e. The van der Waals surface area contributed by atoms with Gasteiger partial charge in [-0.3, -0.25) is 10.2 Å². The SMILES string of the molecule is O=c1[nH]ncc(N/N=C\C2CC=CCC2)c1Br. The van der Waals surface area contributed by atoms with Gasteiger partial charge in [-0.1, -0.05) is 12.2 Å². The summed E-state index contributed by atoms with van der Waals surface area (Å²) in [6.07, 6.45) is 11.0. The maximum atomic E-state index is 11.2. The lowest BCUT2D eigenvalue weighted by Crippen LogP contribution is -2.11. The number of hydrogen-bond acceptors (Lipinski definition) is 4. The minimum absolute atomic E-state index is 0.272. The van der Waals surface area contributed by atoms with Crippen LogP contribution in [0, 0.1) is 5.92 Å². The van der Waals surface area contributed by atoms with Crippen molar-refractivity contribution in [2.24, 2.45) is 11.0 Å². The molecule has 1 aromatic rings. The first-order chi connectivity index (χ1) is 8.27. The van der Waals surface area contributed by atoms with Crippen molar-refractivity contribution in [3.63, 3.8) is 0 Å². The van der Waals surface area contributed by atoms with Crippen molar-refractivity contribution in [1.29, 1.82) is 0 Å². The van der Waals surface area contributed by atoms with Gasteiger partial charge in [0.25, 0.3) is 5.56 Å². The lowest BCUT2D eigenvalue weighted by atomic mass is 9.96. The third-order valence-electron chi connectivity index (χ3n) is 2.58. The Kier molecular flexibility index (Phi) is 4.08. The molecule has 2 rings (SSSR count). The first kappa shape index (κ1) is 12.0. The Morgan fingerprint density at radius 1 is 1.59 bits per heavy atom. The summed E-state index contributed by atoms with van der Waals surface area (Å²) in [5.74, 6) is 0.473. The fourth-order valence-corrected chi connectivity index (χ4v) is 1.91. The van der Waals surface area contributed by atoms with Crippen LogP contribution < -0.4 is 11.0 Å². The predicted molar refractivity (Wildman–Crippen MR) is 71.2 cm³/mol. The third kappa shape index (κ3) is 3.26. The van der Waals surface area contributed by atoms with E-state index in [0.717, 1.165) is 19.3 Å². The molecule has 90 valence electrons. The van der Waals surface area contributed by atoms with Gasteiger partial charge in [-0.05, 0) is 41.1 Å². The van der Waals surface area contributed by atoms with E-state index >= 15 is 0 Å². The van der Waals surface area contributed by atoms with Crippen LogP contribution in [-0.2, 0) is 0 Å². The molecular formula is C11H13BrN4O. The molecule has 0 saturated carbocycles. The van der Waals surface area contributed by atoms with Crippen molar-refractivity contribution in [3.8, 4) is 0 Å². The van der Waals surface area contributed by atoms with Gasteiger partial charge in [0, 0.05) is 6.21 Å². The van der Waals surface area contributed by atoms with Gasteiger partial charge in [0.1, 0.15) is 4.47 Å². The Labute approximate surface area is 107 Å². The van der Waals surface area contributed by atoms with E-state index in [4.69, 9.17) is 0 Å². The molecule has 0 aliphatic heterocycles. The van der Waals surface area contributed by atoms with Crippen molar-refractivity contribution in [3.05, 3.63) is 33.2 Å². The number of anilines is 1. The van der Waals surface area contributed by atoms with E-state index in [1.54, 1.807) is 0 Å². The minimum atomic E-state index is -0.272. The monoisotopic (exact) mass is 296 g/mol. The molecule has 0 spiro atoms. The summed E-state index contributed by atoms with van der Waals surface area (Å²) in [7, 11) is 0. The molecule has 1 aromatic heterocycles. The van der Waals surface area contributed by atoms with Crippen LogP contribution in [0.25, 0.3) is 0 Å². The highest BCUT2D eigenvalue weighted by Crippen LogP contribution is 2.17. The Bertz CT molecular complexity index is 494. The van der Waals surface area contributed by atoms with Gasteiger partial charge in [0.2, 0.25) is 0 Å². The number of allylic oxidation sites excluding steroid dienone is 2. The number of halogens is 1. The Balaban J connectivity index is 1.97. The van der Waals surface area contributed by atoms with Crippen LogP contribution in [0.3, 0.4) is 0 Å². The molecule has 0 aromatic carbocycles. The summed E-state index contributed by atoms with van der Waals surface area (Å²) in [4.78, 5) is 11.2. The summed E-state index contributed by atoms with van der Waals surface area (Å²) in [6.45, 7) is 0. The Hall–Kier alpha value is -1.43. The quantitative estimate of drug-likeness (QED) is 0.511. The summed E-state index contributed by atoms with van der Waals surface area (Å²) in [6, 6.07) is 0. The van der Waals surface area contributed by atoms with Crippen molar-refractivity contribution in [2.45, 2.75) is 19.3 Å². The van der Waals surface area contributed by atoms with Crippen molar-refractivity contribution in [1.82, 2.24) is 10.2 Å². The average molecular weight is 297 g/mol. The van der Waals surface area contributed by atoms with Gasteiger partial charge in [0.15, 0.2) is 0 Å². The second kappa shape index (κ2) is 5.77. The first-order valence-electron chi connectivity index (χ1n) is 5.45. The maximum absolute atomic E-state index is 11.2. The predicted octanol–water partition coefficient (Wildman–Crippen LogP) is 2.29. The van der Waals surface area contributed by atoms with Crippen LogP contribution >= 0.6 is 15.9 Å². The van der Waals surface area contributed by atoms with E-state index in [-0.39, 0.29) is 5.56 Å². The van der Waals surface area contributed by atoms with Crippen LogP contribution in [0.4, 0.5) is 5.69 Å². The fourth-order valence-electron chi connectivity index (χ4n) is 1.63. The summed E-state index contributed by atoms with van der Waals surface area (Å²) < 4.78 is 0.410. The third-order valence-corrected chi connectivity index (χ3v) is 3.36. The molecule has 1 unspecified atom stereocenters. The van der Waals surface area contributed by atoms with Gasteiger partial charge in [-0.2, -0.15) is 10.2 Å². The molecule has 0 bridgehead atoms. The molecule has 1 aliphatic carbocycles. The zero-order valence-electron chi connectivity index (χ0n) is 9.19. The van der Waals surface area contributed by atoms with Gasteiger partial charge < -0.3 is 0 Å². The second-order valence-electron chi connectivity index (χ2n) is 3.86. The van der Waals surface area contributed by atoms with Crippen molar-refractivity contribution < 1.29 is 0 Å². The molecule has 1 heterocycles. The van der Waals surface area contributed by atoms with E-state index in [9.17, 15) is 4.79 Å². The summed E-state index contributed by atoms with van der Waals surface area (Å²) in [5.41, 5.74) is 3.11. The van der Waals surface area contributed by atoms with Gasteiger partial charge >= 0.3 is 0 Å². The van der Waals surface area contributed by atoms with Crippen molar-refractivity contribution in [2.75, 3.05) is 5.43 Å². The number of nitrogens with one attached hydrogen (secondary N) is 2. The topological polar surface area (TPSA) is 70.1 Å². The molecule has 2 N–H and O–H groups in total. The molecule has 1 atom stereocenters. The number of hydrazone groups is 1. The highest BCUT2D eigenvalue weighted by Gasteiger charge is 2.07. The van der Waals surface area contributed by atoms with E-state index < -0.39 is 0 Å².